The minimum Gasteiger partial charge on any atom is -0.399 e. The lowest BCUT2D eigenvalue weighted by atomic mass is 9.89. The van der Waals surface area contributed by atoms with Gasteiger partial charge in [0.15, 0.2) is 0 Å². The van der Waals surface area contributed by atoms with Crippen LogP contribution in [0.3, 0.4) is 0 Å². The van der Waals surface area contributed by atoms with E-state index in [4.69, 9.17) is 5.73 Å². The molecule has 3 N–H and O–H groups in total. The van der Waals surface area contributed by atoms with Crippen molar-refractivity contribution in [3.8, 4) is 0 Å². The number of anilines is 2. The van der Waals surface area contributed by atoms with Crippen molar-refractivity contribution in [1.29, 1.82) is 0 Å². The van der Waals surface area contributed by atoms with Crippen molar-refractivity contribution in [2.24, 2.45) is 7.05 Å². The Kier molecular flexibility index (Phi) is 5.00. The van der Waals surface area contributed by atoms with Gasteiger partial charge < -0.3 is 10.6 Å². The fourth-order valence-electron chi connectivity index (χ4n) is 5.02. The molecule has 0 bridgehead atoms. The highest BCUT2D eigenvalue weighted by molar-refractivity contribution is 6.00. The van der Waals surface area contributed by atoms with E-state index in [0.717, 1.165) is 42.7 Å². The van der Waals surface area contributed by atoms with Gasteiger partial charge in [-0.25, -0.2) is 4.79 Å². The largest absolute Gasteiger partial charge is 0.399 e. The average molecular weight is 434 g/mol. The zero-order valence-electron chi connectivity index (χ0n) is 18.1. The van der Waals surface area contributed by atoms with Gasteiger partial charge in [0, 0.05) is 37.9 Å². The molecule has 2 aliphatic rings. The fraction of sp³-hybridized carbons (Fsp3) is 0.375. The number of benzene rings is 2. The number of aromatic nitrogens is 2. The monoisotopic (exact) mass is 433 g/mol. The van der Waals surface area contributed by atoms with Crippen LogP contribution in [-0.2, 0) is 16.6 Å². The number of aryl methyl sites for hydroxylation is 1. The lowest BCUT2D eigenvalue weighted by Gasteiger charge is -2.34. The first kappa shape index (κ1) is 20.4. The third kappa shape index (κ3) is 3.45. The zero-order chi connectivity index (χ0) is 22.4. The average Bonchev–Trinajstić information content (AvgIpc) is 3.04. The number of nitrogens with zero attached hydrogens (tertiary/aromatic N) is 3. The van der Waals surface area contributed by atoms with Crippen LogP contribution in [0.2, 0.25) is 0 Å². The second-order valence-electron chi connectivity index (χ2n) is 8.78. The molecular formula is C24H27N5O3. The van der Waals surface area contributed by atoms with Gasteiger partial charge in [0.05, 0.1) is 11.0 Å². The second kappa shape index (κ2) is 7.85. The molecule has 8 heteroatoms. The normalized spacial score (nSPS) is 20.0. The number of nitrogens with two attached hydrogens (primary N) is 1. The lowest BCUT2D eigenvalue weighted by molar-refractivity contribution is -0.135. The predicted molar refractivity (Wildman–Crippen MR) is 124 cm³/mol. The van der Waals surface area contributed by atoms with Crippen molar-refractivity contribution in [2.45, 2.75) is 37.6 Å². The number of nitrogens with one attached hydrogen (secondary N) is 1. The maximum atomic E-state index is 13.0. The molecule has 5 rings (SSSR count). The van der Waals surface area contributed by atoms with Crippen molar-refractivity contribution in [3.05, 3.63) is 58.5 Å². The summed E-state index contributed by atoms with van der Waals surface area (Å²) in [6.07, 6.45) is 2.63. The molecule has 1 aromatic heterocycles. The maximum Gasteiger partial charge on any atom is 0.329 e. The predicted octanol–water partition coefficient (Wildman–Crippen LogP) is 2.28. The van der Waals surface area contributed by atoms with Gasteiger partial charge in [0.1, 0.15) is 6.04 Å². The first-order valence-corrected chi connectivity index (χ1v) is 11.1. The molecule has 0 radical (unpaired) electrons. The maximum absolute atomic E-state index is 13.0. The van der Waals surface area contributed by atoms with E-state index >= 15 is 0 Å². The number of nitrogen functional groups attached to an aromatic ring is 1. The molecule has 1 atom stereocenters. The van der Waals surface area contributed by atoms with Crippen LogP contribution in [0, 0.1) is 0 Å². The van der Waals surface area contributed by atoms with Crippen LogP contribution in [0.25, 0.3) is 11.0 Å². The van der Waals surface area contributed by atoms with Crippen LogP contribution in [0.5, 0.6) is 0 Å². The molecule has 0 aliphatic carbocycles. The van der Waals surface area contributed by atoms with Gasteiger partial charge in [-0.15, -0.1) is 0 Å². The number of hydrogen-bond acceptors (Lipinski definition) is 5. The van der Waals surface area contributed by atoms with Gasteiger partial charge in [-0.3, -0.25) is 24.0 Å². The lowest BCUT2D eigenvalue weighted by Crippen LogP contribution is -2.44. The van der Waals surface area contributed by atoms with Gasteiger partial charge in [-0.1, -0.05) is 6.07 Å². The summed E-state index contributed by atoms with van der Waals surface area (Å²) in [6, 6.07) is 13.5. The molecule has 2 amide bonds. The molecule has 2 saturated heterocycles. The van der Waals surface area contributed by atoms with Crippen molar-refractivity contribution >= 4 is 34.2 Å². The van der Waals surface area contributed by atoms with E-state index in [2.05, 4.69) is 34.5 Å². The number of imidazole rings is 1. The summed E-state index contributed by atoms with van der Waals surface area (Å²) in [5, 5.41) is 2.35. The van der Waals surface area contributed by atoms with E-state index in [9.17, 15) is 14.4 Å². The smallest absolute Gasteiger partial charge is 0.329 e. The van der Waals surface area contributed by atoms with Gasteiger partial charge >= 0.3 is 5.69 Å². The summed E-state index contributed by atoms with van der Waals surface area (Å²) < 4.78 is 3.14. The minimum atomic E-state index is -0.655. The van der Waals surface area contributed by atoms with E-state index in [-0.39, 0.29) is 18.0 Å². The van der Waals surface area contributed by atoms with E-state index < -0.39 is 11.9 Å². The summed E-state index contributed by atoms with van der Waals surface area (Å²) in [5.74, 6) is -0.277. The molecule has 2 aliphatic heterocycles. The molecule has 166 valence electrons. The van der Waals surface area contributed by atoms with Crippen molar-refractivity contribution < 1.29 is 9.59 Å². The number of hydrogen-bond donors (Lipinski definition) is 2. The Hall–Kier alpha value is -3.55. The van der Waals surface area contributed by atoms with Crippen LogP contribution in [0.1, 0.15) is 43.2 Å². The highest BCUT2D eigenvalue weighted by Crippen LogP contribution is 2.33. The Morgan fingerprint density at radius 1 is 0.938 bits per heavy atom. The van der Waals surface area contributed by atoms with Crippen LogP contribution in [0.15, 0.2) is 47.3 Å². The number of piperidine rings is 2. The Morgan fingerprint density at radius 2 is 1.66 bits per heavy atom. The van der Waals surface area contributed by atoms with Crippen molar-refractivity contribution in [2.75, 3.05) is 23.7 Å². The van der Waals surface area contributed by atoms with Crippen molar-refractivity contribution in [1.82, 2.24) is 14.5 Å². The number of fused-ring (bicyclic) bond motifs is 1. The zero-order valence-corrected chi connectivity index (χ0v) is 18.1. The van der Waals surface area contributed by atoms with E-state index in [0.29, 0.717) is 12.3 Å². The highest BCUT2D eigenvalue weighted by Gasteiger charge is 2.31. The standard InChI is InChI=1S/C24H27N5O3/c1-27-21-14-16(15-10-12-28(13-11-15)18-5-3-17(25)4-6-18)2-7-19(21)29(24(27)32)20-8-9-22(30)26-23(20)31/h2-7,14-15,20H,8-13,25H2,1H3,(H,26,30,31). The summed E-state index contributed by atoms with van der Waals surface area (Å²) >= 11 is 0. The third-order valence-electron chi connectivity index (χ3n) is 6.86. The molecule has 32 heavy (non-hydrogen) atoms. The second-order valence-corrected chi connectivity index (χ2v) is 8.78. The first-order valence-electron chi connectivity index (χ1n) is 11.1. The van der Waals surface area contributed by atoms with Gasteiger partial charge in [0.25, 0.3) is 0 Å². The van der Waals surface area contributed by atoms with E-state index in [1.54, 1.807) is 11.6 Å². The Balaban J connectivity index is 1.39. The summed E-state index contributed by atoms with van der Waals surface area (Å²) in [7, 11) is 1.74. The first-order chi connectivity index (χ1) is 15.4. The molecule has 2 aromatic carbocycles. The molecule has 0 spiro atoms. The summed E-state index contributed by atoms with van der Waals surface area (Å²) in [4.78, 5) is 39.2. The summed E-state index contributed by atoms with van der Waals surface area (Å²) in [5.41, 5.74) is 10.3. The quantitative estimate of drug-likeness (QED) is 0.487. The van der Waals surface area contributed by atoms with E-state index in [1.807, 2.05) is 18.2 Å². The Labute approximate surface area is 185 Å². The number of rotatable bonds is 3. The number of carbonyl (C=O) groups is 2. The summed E-state index contributed by atoms with van der Waals surface area (Å²) in [6.45, 7) is 1.92. The fourth-order valence-corrected chi connectivity index (χ4v) is 5.02. The Bertz CT molecular complexity index is 1250. The molecular weight excluding hydrogens is 406 g/mol. The Morgan fingerprint density at radius 3 is 2.34 bits per heavy atom. The minimum absolute atomic E-state index is 0.232. The number of carbonyl (C=O) groups excluding carboxylic acids is 2. The van der Waals surface area contributed by atoms with Gasteiger partial charge in [0.2, 0.25) is 11.8 Å². The van der Waals surface area contributed by atoms with Crippen LogP contribution < -0.4 is 21.6 Å². The number of amides is 2. The topological polar surface area (TPSA) is 102 Å². The molecule has 8 nitrogen and oxygen atoms in total. The molecule has 1 unspecified atom stereocenters. The molecule has 3 heterocycles. The third-order valence-corrected chi connectivity index (χ3v) is 6.86. The number of imide groups is 1. The SMILES string of the molecule is Cn1c(=O)n(C2CCC(=O)NC2=O)c2ccc(C3CCN(c4ccc(N)cc4)CC3)cc21. The molecule has 2 fully saturated rings. The van der Waals surface area contributed by atoms with Gasteiger partial charge in [-0.05, 0) is 67.1 Å². The molecule has 3 aromatic rings. The highest BCUT2D eigenvalue weighted by atomic mass is 16.2. The van der Waals surface area contributed by atoms with Crippen LogP contribution >= 0.6 is 0 Å². The van der Waals surface area contributed by atoms with Crippen LogP contribution in [-0.4, -0.2) is 34.0 Å². The van der Waals surface area contributed by atoms with Crippen molar-refractivity contribution in [3.63, 3.8) is 0 Å². The molecule has 0 saturated carbocycles. The van der Waals surface area contributed by atoms with Crippen LogP contribution in [0.4, 0.5) is 11.4 Å². The van der Waals surface area contributed by atoms with E-state index in [1.165, 1.54) is 15.8 Å². The van der Waals surface area contributed by atoms with Gasteiger partial charge in [-0.2, -0.15) is 0 Å².